The molecule has 0 atom stereocenters. The maximum Gasteiger partial charge on any atom is 0.266 e. The van der Waals surface area contributed by atoms with E-state index in [9.17, 15) is 9.59 Å². The van der Waals surface area contributed by atoms with E-state index in [4.69, 9.17) is 16.6 Å². The molecule has 2 heterocycles. The third-order valence-corrected chi connectivity index (χ3v) is 6.98. The maximum atomic E-state index is 13.5. The Kier molecular flexibility index (Phi) is 5.52. The SMILES string of the molecule is Cc1c(Cl)cccc1-n1c(SCc2nc3ccccc3c(=O)n2C)nc2ccccc2c1=O. The van der Waals surface area contributed by atoms with Crippen molar-refractivity contribution in [1.29, 1.82) is 0 Å². The normalized spacial score (nSPS) is 11.4. The summed E-state index contributed by atoms with van der Waals surface area (Å²) in [4.78, 5) is 35.8. The van der Waals surface area contributed by atoms with Crippen LogP contribution in [-0.4, -0.2) is 19.1 Å². The Labute approximate surface area is 198 Å². The van der Waals surface area contributed by atoms with Crippen molar-refractivity contribution >= 4 is 45.2 Å². The van der Waals surface area contributed by atoms with E-state index >= 15 is 0 Å². The van der Waals surface area contributed by atoms with Gasteiger partial charge in [0.2, 0.25) is 0 Å². The average Bonchev–Trinajstić information content (AvgIpc) is 2.83. The summed E-state index contributed by atoms with van der Waals surface area (Å²) >= 11 is 7.72. The van der Waals surface area contributed by atoms with Crippen molar-refractivity contribution in [2.75, 3.05) is 0 Å². The fourth-order valence-electron chi connectivity index (χ4n) is 3.78. The molecule has 0 saturated carbocycles. The Bertz CT molecular complexity index is 1660. The number of thioether (sulfide) groups is 1. The number of fused-ring (bicyclic) bond motifs is 2. The number of hydrogen-bond acceptors (Lipinski definition) is 5. The molecule has 0 bridgehead atoms. The summed E-state index contributed by atoms with van der Waals surface area (Å²) in [5.41, 5.74) is 2.44. The lowest BCUT2D eigenvalue weighted by Gasteiger charge is -2.16. The van der Waals surface area contributed by atoms with Crippen molar-refractivity contribution in [1.82, 2.24) is 19.1 Å². The lowest BCUT2D eigenvalue weighted by Crippen LogP contribution is -2.24. The first kappa shape index (κ1) is 21.4. The van der Waals surface area contributed by atoms with Crippen LogP contribution >= 0.6 is 23.4 Å². The number of halogens is 1. The number of hydrogen-bond donors (Lipinski definition) is 0. The van der Waals surface area contributed by atoms with Gasteiger partial charge in [-0.3, -0.25) is 18.7 Å². The van der Waals surface area contributed by atoms with Crippen LogP contribution in [0.3, 0.4) is 0 Å². The van der Waals surface area contributed by atoms with Gasteiger partial charge in [0.25, 0.3) is 11.1 Å². The van der Waals surface area contributed by atoms with Gasteiger partial charge >= 0.3 is 0 Å². The number of para-hydroxylation sites is 2. The molecular weight excluding hydrogens is 456 g/mol. The fourth-order valence-corrected chi connectivity index (χ4v) is 4.94. The van der Waals surface area contributed by atoms with Crippen molar-refractivity contribution in [3.63, 3.8) is 0 Å². The third-order valence-electron chi connectivity index (χ3n) is 5.63. The van der Waals surface area contributed by atoms with Gasteiger partial charge < -0.3 is 0 Å². The van der Waals surface area contributed by atoms with Gasteiger partial charge in [0.1, 0.15) is 5.82 Å². The molecule has 0 aliphatic heterocycles. The van der Waals surface area contributed by atoms with Crippen molar-refractivity contribution in [3.05, 3.63) is 104 Å². The minimum Gasteiger partial charge on any atom is -0.299 e. The third kappa shape index (κ3) is 3.73. The highest BCUT2D eigenvalue weighted by Gasteiger charge is 2.17. The Morgan fingerprint density at radius 3 is 2.21 bits per heavy atom. The summed E-state index contributed by atoms with van der Waals surface area (Å²) in [5, 5.41) is 2.18. The zero-order chi connectivity index (χ0) is 23.1. The second-order valence-electron chi connectivity index (χ2n) is 7.63. The van der Waals surface area contributed by atoms with Crippen LogP contribution in [0.2, 0.25) is 5.02 Å². The van der Waals surface area contributed by atoms with Gasteiger partial charge in [-0.2, -0.15) is 0 Å². The second-order valence-corrected chi connectivity index (χ2v) is 8.98. The highest BCUT2D eigenvalue weighted by molar-refractivity contribution is 7.98. The molecule has 0 aliphatic carbocycles. The second kappa shape index (κ2) is 8.50. The standard InChI is InChI=1S/C25H19ClN4O2S/c1-15-18(26)10-7-13-21(15)30-24(32)17-9-4-6-12-20(17)28-25(30)33-14-22-27-19-11-5-3-8-16(19)23(31)29(22)2/h3-13H,14H2,1-2H3. The number of benzene rings is 3. The van der Waals surface area contributed by atoms with E-state index < -0.39 is 0 Å². The molecule has 5 rings (SSSR count). The molecule has 8 heteroatoms. The highest BCUT2D eigenvalue weighted by Crippen LogP contribution is 2.28. The predicted octanol–water partition coefficient (Wildman–Crippen LogP) is 4.89. The van der Waals surface area contributed by atoms with E-state index in [1.807, 2.05) is 55.5 Å². The maximum absolute atomic E-state index is 13.5. The van der Waals surface area contributed by atoms with Gasteiger partial charge in [-0.25, -0.2) is 9.97 Å². The molecule has 0 aliphatic rings. The van der Waals surface area contributed by atoms with Crippen LogP contribution < -0.4 is 11.1 Å². The van der Waals surface area contributed by atoms with Gasteiger partial charge in [0.05, 0.1) is 33.2 Å². The summed E-state index contributed by atoms with van der Waals surface area (Å²) in [6.07, 6.45) is 0. The molecule has 0 unspecified atom stereocenters. The topological polar surface area (TPSA) is 69.8 Å². The largest absolute Gasteiger partial charge is 0.299 e. The number of aromatic nitrogens is 4. The van der Waals surface area contributed by atoms with Gasteiger partial charge in [-0.15, -0.1) is 0 Å². The molecule has 0 saturated heterocycles. The van der Waals surface area contributed by atoms with Crippen LogP contribution in [0.4, 0.5) is 0 Å². The van der Waals surface area contributed by atoms with E-state index in [0.717, 1.165) is 5.56 Å². The Hall–Kier alpha value is -3.42. The molecule has 33 heavy (non-hydrogen) atoms. The molecule has 0 radical (unpaired) electrons. The monoisotopic (exact) mass is 474 g/mol. The molecule has 0 N–H and O–H groups in total. The van der Waals surface area contributed by atoms with Crippen LogP contribution in [0.5, 0.6) is 0 Å². The molecule has 0 fully saturated rings. The van der Waals surface area contributed by atoms with E-state index in [-0.39, 0.29) is 11.1 Å². The molecule has 0 spiro atoms. The number of rotatable bonds is 4. The quantitative estimate of drug-likeness (QED) is 0.274. The molecule has 164 valence electrons. The first-order chi connectivity index (χ1) is 16.0. The molecule has 3 aromatic carbocycles. The average molecular weight is 475 g/mol. The molecule has 5 aromatic rings. The number of nitrogens with zero attached hydrogens (tertiary/aromatic N) is 4. The highest BCUT2D eigenvalue weighted by atomic mass is 35.5. The fraction of sp³-hybridized carbons (Fsp3) is 0.120. The van der Waals surface area contributed by atoms with Crippen molar-refractivity contribution < 1.29 is 0 Å². The molecule has 2 aromatic heterocycles. The lowest BCUT2D eigenvalue weighted by atomic mass is 10.2. The first-order valence-electron chi connectivity index (χ1n) is 10.3. The summed E-state index contributed by atoms with van der Waals surface area (Å²) in [6, 6.07) is 20.0. The van der Waals surface area contributed by atoms with Gasteiger partial charge in [-0.1, -0.05) is 53.7 Å². The summed E-state index contributed by atoms with van der Waals surface area (Å²) in [5.74, 6) is 0.960. The Morgan fingerprint density at radius 2 is 1.48 bits per heavy atom. The van der Waals surface area contributed by atoms with Gasteiger partial charge in [0, 0.05) is 12.1 Å². The van der Waals surface area contributed by atoms with E-state index in [2.05, 4.69) is 4.98 Å². The smallest absolute Gasteiger partial charge is 0.266 e. The van der Waals surface area contributed by atoms with Gasteiger partial charge in [0.15, 0.2) is 5.16 Å². The summed E-state index contributed by atoms with van der Waals surface area (Å²) in [6.45, 7) is 1.88. The van der Waals surface area contributed by atoms with E-state index in [0.29, 0.717) is 49.2 Å². The summed E-state index contributed by atoms with van der Waals surface area (Å²) < 4.78 is 3.14. The predicted molar refractivity (Wildman–Crippen MR) is 134 cm³/mol. The Morgan fingerprint density at radius 1 is 0.848 bits per heavy atom. The first-order valence-corrected chi connectivity index (χ1v) is 11.7. The van der Waals surface area contributed by atoms with Gasteiger partial charge in [-0.05, 0) is 48.9 Å². The van der Waals surface area contributed by atoms with Crippen LogP contribution in [0.25, 0.3) is 27.5 Å². The minimum absolute atomic E-state index is 0.106. The zero-order valence-electron chi connectivity index (χ0n) is 17.9. The van der Waals surface area contributed by atoms with Crippen LogP contribution in [0.15, 0.2) is 81.5 Å². The van der Waals surface area contributed by atoms with Crippen molar-refractivity contribution in [3.8, 4) is 5.69 Å². The van der Waals surface area contributed by atoms with E-state index in [1.165, 1.54) is 11.8 Å². The van der Waals surface area contributed by atoms with Crippen LogP contribution in [0, 0.1) is 6.92 Å². The molecular formula is C25H19ClN4O2S. The minimum atomic E-state index is -0.172. The summed E-state index contributed by atoms with van der Waals surface area (Å²) in [7, 11) is 1.71. The molecule has 6 nitrogen and oxygen atoms in total. The lowest BCUT2D eigenvalue weighted by molar-refractivity contribution is 0.778. The van der Waals surface area contributed by atoms with Crippen molar-refractivity contribution in [2.45, 2.75) is 17.8 Å². The molecule has 0 amide bonds. The zero-order valence-corrected chi connectivity index (χ0v) is 19.5. The van der Waals surface area contributed by atoms with Crippen molar-refractivity contribution in [2.24, 2.45) is 7.05 Å². The van der Waals surface area contributed by atoms with Crippen LogP contribution in [-0.2, 0) is 12.8 Å². The van der Waals surface area contributed by atoms with E-state index in [1.54, 1.807) is 34.4 Å². The Balaban J connectivity index is 1.67. The van der Waals surface area contributed by atoms with Crippen LogP contribution in [0.1, 0.15) is 11.4 Å².